The van der Waals surface area contributed by atoms with Crippen molar-refractivity contribution in [2.45, 2.75) is 50.2 Å². The van der Waals surface area contributed by atoms with E-state index in [4.69, 9.17) is 9.47 Å². The number of carbonyl (C=O) groups is 3. The van der Waals surface area contributed by atoms with E-state index < -0.39 is 53.4 Å². The lowest BCUT2D eigenvalue weighted by molar-refractivity contribution is -0.166. The van der Waals surface area contributed by atoms with Crippen molar-refractivity contribution in [3.63, 3.8) is 0 Å². The van der Waals surface area contributed by atoms with Crippen LogP contribution in [0.15, 0.2) is 48.7 Å². The summed E-state index contributed by atoms with van der Waals surface area (Å²) >= 11 is 0. The van der Waals surface area contributed by atoms with Gasteiger partial charge in [0, 0.05) is 23.2 Å². The summed E-state index contributed by atoms with van der Waals surface area (Å²) in [6.07, 6.45) is -0.515. The van der Waals surface area contributed by atoms with Gasteiger partial charge in [0.1, 0.15) is 17.5 Å². The predicted molar refractivity (Wildman–Crippen MR) is 125 cm³/mol. The number of aliphatic hydroxyl groups is 1. The van der Waals surface area contributed by atoms with Gasteiger partial charge in [0.2, 0.25) is 5.91 Å². The first-order valence-corrected chi connectivity index (χ1v) is 11.3. The summed E-state index contributed by atoms with van der Waals surface area (Å²) in [4.78, 5) is 39.3. The van der Waals surface area contributed by atoms with E-state index in [9.17, 15) is 23.9 Å². The number of amides is 1. The third-order valence-corrected chi connectivity index (χ3v) is 6.57. The van der Waals surface area contributed by atoms with E-state index in [1.54, 1.807) is 51.2 Å². The van der Waals surface area contributed by atoms with E-state index in [0.717, 1.165) is 0 Å². The van der Waals surface area contributed by atoms with Crippen molar-refractivity contribution < 1.29 is 33.4 Å². The normalized spacial score (nSPS) is 23.8. The second kappa shape index (κ2) is 7.91. The van der Waals surface area contributed by atoms with Crippen molar-refractivity contribution in [1.82, 2.24) is 4.57 Å². The molecule has 2 aliphatic rings. The van der Waals surface area contributed by atoms with Crippen molar-refractivity contribution in [2.75, 3.05) is 11.9 Å². The molecule has 9 heteroatoms. The molecule has 5 rings (SSSR count). The second-order valence-electron chi connectivity index (χ2n) is 9.93. The first-order valence-electron chi connectivity index (χ1n) is 11.3. The van der Waals surface area contributed by atoms with Crippen LogP contribution in [0.1, 0.15) is 44.2 Å². The van der Waals surface area contributed by atoms with Gasteiger partial charge >= 0.3 is 12.1 Å². The number of esters is 1. The number of hydrogen-bond acceptors (Lipinski definition) is 6. The van der Waals surface area contributed by atoms with Gasteiger partial charge in [0.25, 0.3) is 0 Å². The number of para-hydroxylation sites is 1. The lowest BCUT2D eigenvalue weighted by atomic mass is 9.63. The number of aliphatic hydroxyl groups excluding tert-OH is 1. The fourth-order valence-corrected chi connectivity index (χ4v) is 5.29. The van der Waals surface area contributed by atoms with Gasteiger partial charge in [-0.25, -0.2) is 9.18 Å². The summed E-state index contributed by atoms with van der Waals surface area (Å²) in [5.41, 5.74) is -0.549. The molecule has 0 unspecified atom stereocenters. The minimum atomic E-state index is -1.54. The summed E-state index contributed by atoms with van der Waals surface area (Å²) in [6.45, 7) is 4.69. The number of aromatic nitrogens is 1. The number of hydrogen-bond donors (Lipinski definition) is 2. The third kappa shape index (κ3) is 3.58. The zero-order chi connectivity index (χ0) is 25.1. The zero-order valence-electron chi connectivity index (χ0n) is 19.5. The number of rotatable bonds is 2. The highest BCUT2D eigenvalue weighted by Crippen LogP contribution is 2.55. The Hall–Kier alpha value is -3.72. The summed E-state index contributed by atoms with van der Waals surface area (Å²) < 4.78 is 26.8. The van der Waals surface area contributed by atoms with Gasteiger partial charge in [0.05, 0.1) is 24.0 Å². The van der Waals surface area contributed by atoms with Gasteiger partial charge in [-0.2, -0.15) is 0 Å². The summed E-state index contributed by atoms with van der Waals surface area (Å²) in [5.74, 6) is -2.63. The van der Waals surface area contributed by atoms with Crippen LogP contribution < -0.4 is 5.32 Å². The first-order chi connectivity index (χ1) is 16.5. The molecule has 0 radical (unpaired) electrons. The topological polar surface area (TPSA) is 107 Å². The second-order valence-corrected chi connectivity index (χ2v) is 9.93. The van der Waals surface area contributed by atoms with Gasteiger partial charge in [-0.3, -0.25) is 14.2 Å². The Labute approximate surface area is 200 Å². The van der Waals surface area contributed by atoms with Crippen molar-refractivity contribution in [3.05, 3.63) is 65.6 Å². The van der Waals surface area contributed by atoms with Crippen LogP contribution in [0.2, 0.25) is 0 Å². The molecular formula is C26H25FN2O6. The Morgan fingerprint density at radius 2 is 2.00 bits per heavy atom. The number of ether oxygens (including phenoxy) is 2. The van der Waals surface area contributed by atoms with Crippen LogP contribution in [0.5, 0.6) is 0 Å². The summed E-state index contributed by atoms with van der Waals surface area (Å²) in [7, 11) is 0. The van der Waals surface area contributed by atoms with Crippen molar-refractivity contribution >= 4 is 34.6 Å². The van der Waals surface area contributed by atoms with E-state index in [2.05, 4.69) is 5.32 Å². The maximum absolute atomic E-state index is 14.4. The molecule has 1 saturated heterocycles. The van der Waals surface area contributed by atoms with Crippen molar-refractivity contribution in [1.29, 1.82) is 0 Å². The number of carbonyl (C=O) groups excluding carboxylic acids is 3. The average molecular weight is 480 g/mol. The highest BCUT2D eigenvalue weighted by Gasteiger charge is 2.60. The Balaban J connectivity index is 1.77. The van der Waals surface area contributed by atoms with E-state index in [1.807, 2.05) is 0 Å². The molecule has 1 aromatic heterocycles. The number of nitrogens with one attached hydrogen (secondary N) is 1. The molecule has 3 aromatic rings. The van der Waals surface area contributed by atoms with E-state index >= 15 is 0 Å². The Bertz CT molecular complexity index is 1370. The minimum absolute atomic E-state index is 0.316. The maximum Gasteiger partial charge on any atom is 0.419 e. The monoisotopic (exact) mass is 480 g/mol. The van der Waals surface area contributed by atoms with Crippen LogP contribution in [0, 0.1) is 5.82 Å². The van der Waals surface area contributed by atoms with E-state index in [-0.39, 0.29) is 6.42 Å². The largest absolute Gasteiger partial charge is 0.459 e. The number of anilines is 1. The van der Waals surface area contributed by atoms with Crippen LogP contribution in [-0.4, -0.2) is 46.0 Å². The fraction of sp³-hybridized carbons (Fsp3) is 0.346. The van der Waals surface area contributed by atoms with Crippen LogP contribution in [0.4, 0.5) is 14.9 Å². The molecule has 1 amide bonds. The average Bonchev–Trinajstić information content (AvgIpc) is 3.29. The number of nitrogens with zero attached hydrogens (tertiary/aromatic N) is 1. The molecule has 0 saturated carbocycles. The molecule has 1 spiro atoms. The standard InChI is InChI=1S/C26H25FN2O6/c1-25(2,3)35-24(33)29-12-16(15-6-4-5-7-19(15)29)22-20(13-30)34-21(31)11-26(22)17-10-14(27)8-9-18(17)28-23(26)32/h4-10,12,20,22,30H,11,13H2,1-3H3,(H,28,32)/t20-,22-,26+/m1/s1. The SMILES string of the molecule is CC(C)(C)OC(=O)n1cc([C@@H]2[C@@H](CO)OC(=O)C[C@@]23C(=O)Nc2ccc(F)cc23)c2ccccc21. The molecule has 1 fully saturated rings. The zero-order valence-corrected chi connectivity index (χ0v) is 19.5. The molecule has 8 nitrogen and oxygen atoms in total. The first kappa shape index (κ1) is 23.0. The molecule has 2 N–H and O–H groups in total. The Kier molecular flexibility index (Phi) is 5.21. The van der Waals surface area contributed by atoms with Crippen molar-refractivity contribution in [3.8, 4) is 0 Å². The molecule has 35 heavy (non-hydrogen) atoms. The van der Waals surface area contributed by atoms with Crippen LogP contribution >= 0.6 is 0 Å². The number of benzene rings is 2. The molecule has 2 aromatic carbocycles. The third-order valence-electron chi connectivity index (χ3n) is 6.57. The van der Waals surface area contributed by atoms with E-state index in [0.29, 0.717) is 27.7 Å². The van der Waals surface area contributed by atoms with Crippen LogP contribution in [0.3, 0.4) is 0 Å². The predicted octanol–water partition coefficient (Wildman–Crippen LogP) is 3.85. The highest BCUT2D eigenvalue weighted by molar-refractivity contribution is 6.10. The summed E-state index contributed by atoms with van der Waals surface area (Å²) in [6, 6.07) is 11.0. The smallest absolute Gasteiger partial charge is 0.419 e. The quantitative estimate of drug-likeness (QED) is 0.540. The molecule has 2 aliphatic heterocycles. The number of fused-ring (bicyclic) bond motifs is 3. The summed E-state index contributed by atoms with van der Waals surface area (Å²) in [5, 5.41) is 13.6. The number of halogens is 1. The van der Waals surface area contributed by atoms with Gasteiger partial charge < -0.3 is 19.9 Å². The Morgan fingerprint density at radius 3 is 2.71 bits per heavy atom. The highest BCUT2D eigenvalue weighted by atomic mass is 19.1. The van der Waals surface area contributed by atoms with Crippen molar-refractivity contribution in [2.24, 2.45) is 0 Å². The molecule has 0 aliphatic carbocycles. The van der Waals surface area contributed by atoms with E-state index in [1.165, 1.54) is 22.8 Å². The molecule has 182 valence electrons. The van der Waals surface area contributed by atoms with Crippen LogP contribution in [0.25, 0.3) is 10.9 Å². The number of cyclic esters (lactones) is 1. The minimum Gasteiger partial charge on any atom is -0.459 e. The lowest BCUT2D eigenvalue weighted by Crippen LogP contribution is -2.53. The maximum atomic E-state index is 14.4. The molecule has 3 heterocycles. The fourth-order valence-electron chi connectivity index (χ4n) is 5.29. The van der Waals surface area contributed by atoms with Gasteiger partial charge in [-0.05, 0) is 56.2 Å². The Morgan fingerprint density at radius 1 is 1.26 bits per heavy atom. The molecular weight excluding hydrogens is 455 g/mol. The van der Waals surface area contributed by atoms with Gasteiger partial charge in [-0.15, -0.1) is 0 Å². The van der Waals surface area contributed by atoms with Gasteiger partial charge in [-0.1, -0.05) is 18.2 Å². The van der Waals surface area contributed by atoms with Gasteiger partial charge in [0.15, 0.2) is 0 Å². The molecule has 3 atom stereocenters. The van der Waals surface area contributed by atoms with Crippen LogP contribution in [-0.2, 0) is 24.5 Å². The molecule has 0 bridgehead atoms. The lowest BCUT2D eigenvalue weighted by Gasteiger charge is -2.43.